The molecule has 0 aliphatic heterocycles. The maximum absolute atomic E-state index is 12.8. The molecule has 0 bridgehead atoms. The molecule has 1 amide bonds. The van der Waals surface area contributed by atoms with Gasteiger partial charge in [-0.15, -0.1) is 0 Å². The Bertz CT molecular complexity index is 1140. The molecule has 0 radical (unpaired) electrons. The summed E-state index contributed by atoms with van der Waals surface area (Å²) in [6, 6.07) is 12.1. The van der Waals surface area contributed by atoms with E-state index in [0.717, 1.165) is 11.1 Å². The fourth-order valence-corrected chi connectivity index (χ4v) is 5.45. The Balaban J connectivity index is 2.49. The summed E-state index contributed by atoms with van der Waals surface area (Å²) in [5.74, 6) is 1.05. The molecule has 1 atom stereocenters. The molecule has 8 nitrogen and oxygen atoms in total. The molecule has 2 aromatic carbocycles. The standard InChI is InChI=1S/C31H49NO7Si2/c1-30(2,3)40(9,10)38-25-19-23(20-26(27(25)35-7)39-41(11,12)31(4,5)6)18-24(28(33)36-8)32-29(34)37-21-22-16-14-13-15-17-22/h13-17,19-20,24H,18,21H2,1-12H3,(H,32,34)/t24-/m0/s1. The third kappa shape index (κ3) is 9.26. The molecule has 228 valence electrons. The van der Waals surface area contributed by atoms with E-state index in [1.807, 2.05) is 42.5 Å². The average molecular weight is 604 g/mol. The summed E-state index contributed by atoms with van der Waals surface area (Å²) < 4.78 is 29.7. The van der Waals surface area contributed by atoms with E-state index >= 15 is 0 Å². The molecule has 0 unspecified atom stereocenters. The van der Waals surface area contributed by atoms with Gasteiger partial charge in [0, 0.05) is 6.42 Å². The predicted octanol–water partition coefficient (Wildman–Crippen LogP) is 7.47. The first kappa shape index (κ1) is 34.2. The Kier molecular flexibility index (Phi) is 11.1. The van der Waals surface area contributed by atoms with Gasteiger partial charge in [-0.25, -0.2) is 9.59 Å². The van der Waals surface area contributed by atoms with Gasteiger partial charge in [-0.3, -0.25) is 0 Å². The molecule has 0 saturated carbocycles. The zero-order valence-corrected chi connectivity index (χ0v) is 28.9. The minimum Gasteiger partial charge on any atom is -0.541 e. The maximum Gasteiger partial charge on any atom is 0.408 e. The van der Waals surface area contributed by atoms with Crippen LogP contribution >= 0.6 is 0 Å². The van der Waals surface area contributed by atoms with Gasteiger partial charge in [0.2, 0.25) is 5.75 Å². The number of methoxy groups -OCH3 is 2. The summed E-state index contributed by atoms with van der Waals surface area (Å²) in [5.41, 5.74) is 1.57. The van der Waals surface area contributed by atoms with Crippen molar-refractivity contribution in [3.63, 3.8) is 0 Å². The van der Waals surface area contributed by atoms with Crippen LogP contribution in [-0.4, -0.2) is 49.0 Å². The number of amides is 1. The van der Waals surface area contributed by atoms with Crippen molar-refractivity contribution in [1.29, 1.82) is 0 Å². The lowest BCUT2D eigenvalue weighted by Gasteiger charge is -2.39. The van der Waals surface area contributed by atoms with Crippen LogP contribution in [0.2, 0.25) is 36.3 Å². The quantitative estimate of drug-likeness (QED) is 0.210. The van der Waals surface area contributed by atoms with Gasteiger partial charge in [-0.05, 0) is 59.5 Å². The Labute approximate surface area is 248 Å². The van der Waals surface area contributed by atoms with Crippen LogP contribution in [0, 0.1) is 0 Å². The van der Waals surface area contributed by atoms with E-state index in [0.29, 0.717) is 17.2 Å². The number of benzene rings is 2. The van der Waals surface area contributed by atoms with Crippen molar-refractivity contribution in [3.8, 4) is 17.2 Å². The summed E-state index contributed by atoms with van der Waals surface area (Å²) in [6.45, 7) is 21.7. The number of alkyl carbamates (subject to hydrolysis) is 1. The van der Waals surface area contributed by atoms with Crippen molar-refractivity contribution < 1.29 is 32.7 Å². The second-order valence-electron chi connectivity index (χ2n) is 13.3. The first-order valence-electron chi connectivity index (χ1n) is 14.0. The molecule has 0 heterocycles. The van der Waals surface area contributed by atoms with Crippen LogP contribution in [0.4, 0.5) is 4.79 Å². The first-order chi connectivity index (χ1) is 18.8. The van der Waals surface area contributed by atoms with Crippen LogP contribution < -0.4 is 18.9 Å². The number of carbonyl (C=O) groups is 2. The second kappa shape index (κ2) is 13.3. The van der Waals surface area contributed by atoms with Crippen LogP contribution in [0.3, 0.4) is 0 Å². The van der Waals surface area contributed by atoms with Crippen LogP contribution in [0.25, 0.3) is 0 Å². The molecule has 0 spiro atoms. The van der Waals surface area contributed by atoms with E-state index in [9.17, 15) is 9.59 Å². The number of hydrogen-bond acceptors (Lipinski definition) is 7. The van der Waals surface area contributed by atoms with Gasteiger partial charge < -0.3 is 28.4 Å². The number of hydrogen-bond donors (Lipinski definition) is 1. The highest BCUT2D eigenvalue weighted by atomic mass is 28.4. The van der Waals surface area contributed by atoms with E-state index in [-0.39, 0.29) is 23.1 Å². The minimum absolute atomic E-state index is 0.0624. The van der Waals surface area contributed by atoms with Gasteiger partial charge in [0.1, 0.15) is 12.6 Å². The van der Waals surface area contributed by atoms with Crippen LogP contribution in [0.1, 0.15) is 52.7 Å². The van der Waals surface area contributed by atoms with Gasteiger partial charge in [0.05, 0.1) is 14.2 Å². The van der Waals surface area contributed by atoms with Crippen molar-refractivity contribution >= 4 is 28.7 Å². The highest BCUT2D eigenvalue weighted by Gasteiger charge is 2.42. The van der Waals surface area contributed by atoms with E-state index < -0.39 is 34.7 Å². The van der Waals surface area contributed by atoms with Crippen LogP contribution in [-0.2, 0) is 27.3 Å². The van der Waals surface area contributed by atoms with Crippen molar-refractivity contribution in [2.24, 2.45) is 0 Å². The molecule has 1 N–H and O–H groups in total. The SMILES string of the molecule is COC(=O)[C@H](Cc1cc(O[Si](C)(C)C(C)(C)C)c(OC)c(O[Si](C)(C)C(C)(C)C)c1)NC(=O)OCc1ccccc1. The number of rotatable bonds is 11. The van der Waals surface area contributed by atoms with Crippen LogP contribution in [0.5, 0.6) is 17.2 Å². The summed E-state index contributed by atoms with van der Waals surface area (Å²) >= 11 is 0. The normalized spacial score (nSPS) is 13.2. The van der Waals surface area contributed by atoms with Gasteiger partial charge >= 0.3 is 12.1 Å². The van der Waals surface area contributed by atoms with Crippen LogP contribution in [0.15, 0.2) is 42.5 Å². The molecule has 41 heavy (non-hydrogen) atoms. The Hall–Kier alpha value is -2.99. The lowest BCUT2D eigenvalue weighted by Crippen LogP contribution is -2.45. The lowest BCUT2D eigenvalue weighted by atomic mass is 10.0. The highest BCUT2D eigenvalue weighted by Crippen LogP contribution is 2.47. The predicted molar refractivity (Wildman–Crippen MR) is 168 cm³/mol. The summed E-state index contributed by atoms with van der Waals surface area (Å²) in [4.78, 5) is 25.4. The van der Waals surface area contributed by atoms with Gasteiger partial charge in [-0.2, -0.15) is 0 Å². The largest absolute Gasteiger partial charge is 0.541 e. The minimum atomic E-state index is -2.28. The number of ether oxygens (including phenoxy) is 3. The van der Waals surface area contributed by atoms with E-state index in [1.54, 1.807) is 7.11 Å². The van der Waals surface area contributed by atoms with Crippen molar-refractivity contribution in [2.45, 2.75) is 96.9 Å². The summed E-state index contributed by atoms with van der Waals surface area (Å²) in [6.07, 6.45) is -0.577. The molecule has 0 aliphatic rings. The Morgan fingerprint density at radius 2 is 1.29 bits per heavy atom. The molecular formula is C31H49NO7Si2. The molecule has 0 aromatic heterocycles. The van der Waals surface area contributed by atoms with Crippen molar-refractivity contribution in [2.75, 3.05) is 14.2 Å². The molecule has 0 aliphatic carbocycles. The molecular weight excluding hydrogens is 555 g/mol. The van der Waals surface area contributed by atoms with E-state index in [4.69, 9.17) is 23.1 Å². The summed E-state index contributed by atoms with van der Waals surface area (Å²) in [5, 5.41) is 2.54. The molecule has 0 fully saturated rings. The topological polar surface area (TPSA) is 92.3 Å². The zero-order valence-electron chi connectivity index (χ0n) is 26.9. The number of nitrogens with one attached hydrogen (secondary N) is 1. The molecule has 2 rings (SSSR count). The third-order valence-corrected chi connectivity index (χ3v) is 16.7. The monoisotopic (exact) mass is 603 g/mol. The Morgan fingerprint density at radius 3 is 1.71 bits per heavy atom. The van der Waals surface area contributed by atoms with E-state index in [1.165, 1.54) is 7.11 Å². The van der Waals surface area contributed by atoms with E-state index in [2.05, 4.69) is 73.0 Å². The van der Waals surface area contributed by atoms with Gasteiger partial charge in [0.15, 0.2) is 11.5 Å². The second-order valence-corrected chi connectivity index (χ2v) is 22.8. The van der Waals surface area contributed by atoms with Gasteiger partial charge in [-0.1, -0.05) is 71.9 Å². The fraction of sp³-hybridized carbons (Fsp3) is 0.548. The highest BCUT2D eigenvalue weighted by molar-refractivity contribution is 6.75. The zero-order chi connectivity index (χ0) is 31.2. The maximum atomic E-state index is 12.8. The fourth-order valence-electron chi connectivity index (χ4n) is 3.44. The summed E-state index contributed by atoms with van der Waals surface area (Å²) in [7, 11) is -1.66. The Morgan fingerprint density at radius 1 is 0.805 bits per heavy atom. The van der Waals surface area contributed by atoms with Crippen molar-refractivity contribution in [3.05, 3.63) is 53.6 Å². The lowest BCUT2D eigenvalue weighted by molar-refractivity contribution is -0.143. The first-order valence-corrected chi connectivity index (χ1v) is 19.8. The van der Waals surface area contributed by atoms with Gasteiger partial charge in [0.25, 0.3) is 16.6 Å². The van der Waals surface area contributed by atoms with Crippen molar-refractivity contribution in [1.82, 2.24) is 5.32 Å². The average Bonchev–Trinajstić information content (AvgIpc) is 2.85. The molecule has 10 heteroatoms. The smallest absolute Gasteiger partial charge is 0.408 e. The number of esters is 1. The molecule has 2 aromatic rings. The molecule has 0 saturated heterocycles. The number of carbonyl (C=O) groups excluding carboxylic acids is 2. The third-order valence-electron chi connectivity index (χ3n) is 8.06.